The lowest BCUT2D eigenvalue weighted by atomic mass is 9.92. The smallest absolute Gasteiger partial charge is 0.261 e. The van der Waals surface area contributed by atoms with Crippen LogP contribution in [-0.4, -0.2) is 12.0 Å². The molecule has 0 radical (unpaired) electrons. The second-order valence-corrected chi connectivity index (χ2v) is 7.22. The highest BCUT2D eigenvalue weighted by Crippen LogP contribution is 2.26. The van der Waals surface area contributed by atoms with Gasteiger partial charge in [-0.15, -0.1) is 0 Å². The van der Waals surface area contributed by atoms with E-state index in [2.05, 4.69) is 48.6 Å². The van der Waals surface area contributed by atoms with Gasteiger partial charge in [0.1, 0.15) is 5.75 Å². The minimum absolute atomic E-state index is 0.0389. The summed E-state index contributed by atoms with van der Waals surface area (Å²) in [5.74, 6) is 0.697. The molecule has 0 aliphatic heterocycles. The average molecular weight is 351 g/mol. The number of rotatable bonds is 6. The van der Waals surface area contributed by atoms with E-state index in [0.717, 1.165) is 30.6 Å². The predicted octanol–water partition coefficient (Wildman–Crippen LogP) is 4.77. The third-order valence-electron chi connectivity index (χ3n) is 5.25. The standard InChI is InChI=1S/C23H29NO2/c1-4-18-9-11-19(12-10-18)16(2)24-23(25)17(3)26-22-14-13-20-7-5-6-8-21(20)15-22/h9-17H,4-8H2,1-3H3,(H,24,25)/t16-,17-/m0/s1. The molecule has 0 saturated heterocycles. The van der Waals surface area contributed by atoms with Crippen LogP contribution in [-0.2, 0) is 24.1 Å². The van der Waals surface area contributed by atoms with Crippen molar-refractivity contribution in [3.05, 3.63) is 64.7 Å². The maximum atomic E-state index is 12.5. The lowest BCUT2D eigenvalue weighted by Crippen LogP contribution is -2.37. The van der Waals surface area contributed by atoms with Crippen molar-refractivity contribution in [1.29, 1.82) is 0 Å². The number of nitrogens with one attached hydrogen (secondary N) is 1. The molecule has 138 valence electrons. The fourth-order valence-corrected chi connectivity index (χ4v) is 3.50. The molecule has 1 aliphatic carbocycles. The van der Waals surface area contributed by atoms with Crippen molar-refractivity contribution in [2.45, 2.75) is 65.0 Å². The van der Waals surface area contributed by atoms with Crippen molar-refractivity contribution in [3.8, 4) is 5.75 Å². The normalized spacial score (nSPS) is 15.7. The quantitative estimate of drug-likeness (QED) is 0.814. The van der Waals surface area contributed by atoms with Crippen molar-refractivity contribution in [1.82, 2.24) is 5.32 Å². The van der Waals surface area contributed by atoms with Gasteiger partial charge < -0.3 is 10.1 Å². The highest BCUT2D eigenvalue weighted by Gasteiger charge is 2.18. The summed E-state index contributed by atoms with van der Waals surface area (Å²) >= 11 is 0. The van der Waals surface area contributed by atoms with E-state index in [9.17, 15) is 4.79 Å². The van der Waals surface area contributed by atoms with Gasteiger partial charge in [-0.2, -0.15) is 0 Å². The van der Waals surface area contributed by atoms with E-state index in [1.165, 1.54) is 29.5 Å². The van der Waals surface area contributed by atoms with Gasteiger partial charge in [0, 0.05) is 0 Å². The van der Waals surface area contributed by atoms with Gasteiger partial charge in [0.25, 0.3) is 5.91 Å². The van der Waals surface area contributed by atoms with Crippen LogP contribution >= 0.6 is 0 Å². The molecule has 3 heteroatoms. The zero-order chi connectivity index (χ0) is 18.5. The summed E-state index contributed by atoms with van der Waals surface area (Å²) in [6, 6.07) is 14.6. The molecule has 1 amide bonds. The van der Waals surface area contributed by atoms with E-state index in [1.54, 1.807) is 0 Å². The van der Waals surface area contributed by atoms with Crippen LogP contribution in [0.1, 0.15) is 61.9 Å². The van der Waals surface area contributed by atoms with Crippen LogP contribution in [0.3, 0.4) is 0 Å². The summed E-state index contributed by atoms with van der Waals surface area (Å²) in [5.41, 5.74) is 5.20. The zero-order valence-electron chi connectivity index (χ0n) is 16.0. The summed E-state index contributed by atoms with van der Waals surface area (Å²) in [6.07, 6.45) is 5.27. The Balaban J connectivity index is 1.58. The molecule has 0 aromatic heterocycles. The van der Waals surface area contributed by atoms with E-state index in [0.29, 0.717) is 0 Å². The Bertz CT molecular complexity index is 751. The first-order valence-electron chi connectivity index (χ1n) is 9.74. The van der Waals surface area contributed by atoms with Crippen LogP contribution in [0.4, 0.5) is 0 Å². The van der Waals surface area contributed by atoms with Gasteiger partial charge in [-0.3, -0.25) is 4.79 Å². The van der Waals surface area contributed by atoms with Crippen LogP contribution in [0.25, 0.3) is 0 Å². The molecule has 0 bridgehead atoms. The predicted molar refractivity (Wildman–Crippen MR) is 106 cm³/mol. The number of aryl methyl sites for hydroxylation is 3. The van der Waals surface area contributed by atoms with Crippen molar-refractivity contribution < 1.29 is 9.53 Å². The minimum Gasteiger partial charge on any atom is -0.481 e. The highest BCUT2D eigenvalue weighted by atomic mass is 16.5. The first-order chi connectivity index (χ1) is 12.6. The molecular weight excluding hydrogens is 322 g/mol. The molecular formula is C23H29NO2. The second-order valence-electron chi connectivity index (χ2n) is 7.22. The molecule has 0 fully saturated rings. The first kappa shape index (κ1) is 18.5. The van der Waals surface area contributed by atoms with E-state index < -0.39 is 6.10 Å². The largest absolute Gasteiger partial charge is 0.481 e. The van der Waals surface area contributed by atoms with Crippen molar-refractivity contribution in [2.75, 3.05) is 0 Å². The molecule has 3 rings (SSSR count). The molecule has 0 unspecified atom stereocenters. The molecule has 0 heterocycles. The maximum Gasteiger partial charge on any atom is 0.261 e. The zero-order valence-corrected chi connectivity index (χ0v) is 16.0. The van der Waals surface area contributed by atoms with E-state index in [4.69, 9.17) is 4.74 Å². The number of ether oxygens (including phenoxy) is 1. The van der Waals surface area contributed by atoms with Crippen molar-refractivity contribution in [3.63, 3.8) is 0 Å². The molecule has 3 nitrogen and oxygen atoms in total. The van der Waals surface area contributed by atoms with E-state index >= 15 is 0 Å². The van der Waals surface area contributed by atoms with Gasteiger partial charge in [-0.1, -0.05) is 37.3 Å². The molecule has 2 aromatic rings. The Kier molecular flexibility index (Phi) is 5.97. The number of benzene rings is 2. The van der Waals surface area contributed by atoms with Crippen LogP contribution in [0.5, 0.6) is 5.75 Å². The van der Waals surface area contributed by atoms with Gasteiger partial charge in [0.15, 0.2) is 6.10 Å². The Labute approximate surface area is 156 Å². The maximum absolute atomic E-state index is 12.5. The lowest BCUT2D eigenvalue weighted by Gasteiger charge is -2.21. The van der Waals surface area contributed by atoms with Gasteiger partial charge in [-0.25, -0.2) is 0 Å². The molecule has 0 saturated carbocycles. The number of fused-ring (bicyclic) bond motifs is 1. The van der Waals surface area contributed by atoms with Crippen LogP contribution in [0.15, 0.2) is 42.5 Å². The average Bonchev–Trinajstić information content (AvgIpc) is 2.67. The summed E-state index contributed by atoms with van der Waals surface area (Å²) < 4.78 is 5.90. The summed E-state index contributed by atoms with van der Waals surface area (Å²) in [5, 5.41) is 3.05. The Morgan fingerprint density at radius 1 is 1.04 bits per heavy atom. The molecule has 1 aliphatic rings. The van der Waals surface area contributed by atoms with Crippen LogP contribution in [0, 0.1) is 0 Å². The van der Waals surface area contributed by atoms with E-state index in [-0.39, 0.29) is 11.9 Å². The molecule has 26 heavy (non-hydrogen) atoms. The fourth-order valence-electron chi connectivity index (χ4n) is 3.50. The van der Waals surface area contributed by atoms with Crippen molar-refractivity contribution >= 4 is 5.91 Å². The minimum atomic E-state index is -0.519. The molecule has 2 atom stereocenters. The van der Waals surface area contributed by atoms with Gasteiger partial charge in [0.2, 0.25) is 0 Å². The number of amides is 1. The fraction of sp³-hybridized carbons (Fsp3) is 0.435. The van der Waals surface area contributed by atoms with Gasteiger partial charge in [0.05, 0.1) is 6.04 Å². The number of carbonyl (C=O) groups excluding carboxylic acids is 1. The topological polar surface area (TPSA) is 38.3 Å². The summed E-state index contributed by atoms with van der Waals surface area (Å²) in [4.78, 5) is 12.5. The van der Waals surface area contributed by atoms with E-state index in [1.807, 2.05) is 19.9 Å². The SMILES string of the molecule is CCc1ccc([C@H](C)NC(=O)[C@H](C)Oc2ccc3c(c2)CCCC3)cc1. The third kappa shape index (κ3) is 4.46. The monoisotopic (exact) mass is 351 g/mol. The Morgan fingerprint density at radius 2 is 1.73 bits per heavy atom. The Morgan fingerprint density at radius 3 is 2.42 bits per heavy atom. The molecule has 2 aromatic carbocycles. The summed E-state index contributed by atoms with van der Waals surface area (Å²) in [7, 11) is 0. The Hall–Kier alpha value is -2.29. The molecule has 0 spiro atoms. The summed E-state index contributed by atoms with van der Waals surface area (Å²) in [6.45, 7) is 5.95. The van der Waals surface area contributed by atoms with Crippen molar-refractivity contribution in [2.24, 2.45) is 0 Å². The number of carbonyl (C=O) groups is 1. The third-order valence-corrected chi connectivity index (χ3v) is 5.25. The highest BCUT2D eigenvalue weighted by molar-refractivity contribution is 5.81. The van der Waals surface area contributed by atoms with Gasteiger partial charge >= 0.3 is 0 Å². The van der Waals surface area contributed by atoms with Gasteiger partial charge in [-0.05, 0) is 80.3 Å². The van der Waals surface area contributed by atoms with Crippen LogP contribution in [0.2, 0.25) is 0 Å². The number of hydrogen-bond donors (Lipinski definition) is 1. The molecule has 1 N–H and O–H groups in total. The lowest BCUT2D eigenvalue weighted by molar-refractivity contribution is -0.127. The second kappa shape index (κ2) is 8.39. The van der Waals surface area contributed by atoms with Crippen LogP contribution < -0.4 is 10.1 Å². The first-order valence-corrected chi connectivity index (χ1v) is 9.74. The number of hydrogen-bond acceptors (Lipinski definition) is 2.